The van der Waals surface area contributed by atoms with Gasteiger partial charge in [0.2, 0.25) is 0 Å². The summed E-state index contributed by atoms with van der Waals surface area (Å²) < 4.78 is 5.33. The fourth-order valence-electron chi connectivity index (χ4n) is 0.766. The van der Waals surface area contributed by atoms with Crippen molar-refractivity contribution >= 4 is 11.6 Å². The van der Waals surface area contributed by atoms with E-state index in [1.54, 1.807) is 6.07 Å². The summed E-state index contributed by atoms with van der Waals surface area (Å²) in [5.41, 5.74) is 0. The molecule has 0 fully saturated rings. The predicted octanol–water partition coefficient (Wildman–Crippen LogP) is 3.29. The normalized spacial score (nSPS) is 10.2. The largest absolute Gasteiger partial charge is 0.484 e. The number of ether oxygens (including phenoxy) is 1. The van der Waals surface area contributed by atoms with Crippen molar-refractivity contribution in [3.63, 3.8) is 0 Å². The molecule has 11 heavy (non-hydrogen) atoms. The van der Waals surface area contributed by atoms with Crippen molar-refractivity contribution in [1.82, 2.24) is 0 Å². The molecular weight excluding hydrogens is 160 g/mol. The highest BCUT2D eigenvalue weighted by Crippen LogP contribution is 2.19. The summed E-state index contributed by atoms with van der Waals surface area (Å²) in [5.74, 6) is 0.789. The zero-order chi connectivity index (χ0) is 8.27. The molecule has 0 N–H and O–H groups in total. The molecule has 0 aliphatic heterocycles. The van der Waals surface area contributed by atoms with Crippen LogP contribution >= 0.6 is 11.6 Å². The first-order valence-corrected chi connectivity index (χ1v) is 3.80. The van der Waals surface area contributed by atoms with Crippen molar-refractivity contribution in [1.29, 1.82) is 0 Å². The topological polar surface area (TPSA) is 9.23 Å². The van der Waals surface area contributed by atoms with Gasteiger partial charge >= 0.3 is 0 Å². The number of hydrogen-bond acceptors (Lipinski definition) is 1. The van der Waals surface area contributed by atoms with Gasteiger partial charge in [-0.1, -0.05) is 17.7 Å². The molecule has 1 aromatic carbocycles. The SMILES string of the molecule is C[C](C)Oc1cccc(Cl)c1. The predicted molar refractivity (Wildman–Crippen MR) is 46.7 cm³/mol. The molecule has 59 valence electrons. The summed E-state index contributed by atoms with van der Waals surface area (Å²) >= 11 is 5.74. The average Bonchev–Trinajstić information content (AvgIpc) is 1.85. The molecule has 0 aromatic heterocycles. The zero-order valence-electron chi connectivity index (χ0n) is 6.60. The number of halogens is 1. The second-order valence-electron chi connectivity index (χ2n) is 2.47. The Morgan fingerprint density at radius 1 is 1.36 bits per heavy atom. The summed E-state index contributed by atoms with van der Waals surface area (Å²) in [6.07, 6.45) is 0.910. The van der Waals surface area contributed by atoms with Crippen LogP contribution in [0.2, 0.25) is 5.02 Å². The molecule has 0 heterocycles. The van der Waals surface area contributed by atoms with Crippen LogP contribution in [0.25, 0.3) is 0 Å². The van der Waals surface area contributed by atoms with Gasteiger partial charge in [-0.2, -0.15) is 0 Å². The molecule has 1 radical (unpaired) electrons. The van der Waals surface area contributed by atoms with Crippen molar-refractivity contribution < 1.29 is 4.74 Å². The van der Waals surface area contributed by atoms with Crippen LogP contribution in [0.3, 0.4) is 0 Å². The first-order valence-electron chi connectivity index (χ1n) is 3.42. The minimum atomic E-state index is 0.698. The third-order valence-corrected chi connectivity index (χ3v) is 1.35. The molecule has 0 amide bonds. The second kappa shape index (κ2) is 3.63. The lowest BCUT2D eigenvalue weighted by atomic mass is 10.3. The number of benzene rings is 1. The summed E-state index contributed by atoms with van der Waals surface area (Å²) in [6.45, 7) is 3.81. The van der Waals surface area contributed by atoms with E-state index in [4.69, 9.17) is 16.3 Å². The Morgan fingerprint density at radius 2 is 2.09 bits per heavy atom. The molecule has 1 aromatic rings. The van der Waals surface area contributed by atoms with E-state index in [-0.39, 0.29) is 0 Å². The average molecular weight is 170 g/mol. The zero-order valence-corrected chi connectivity index (χ0v) is 7.35. The maximum absolute atomic E-state index is 5.74. The second-order valence-corrected chi connectivity index (χ2v) is 2.90. The van der Waals surface area contributed by atoms with Gasteiger partial charge < -0.3 is 4.74 Å². The van der Waals surface area contributed by atoms with Crippen molar-refractivity contribution in [3.8, 4) is 5.75 Å². The Hall–Kier alpha value is -0.690. The van der Waals surface area contributed by atoms with Crippen LogP contribution < -0.4 is 4.74 Å². The minimum Gasteiger partial charge on any atom is -0.484 e. The van der Waals surface area contributed by atoms with E-state index in [1.165, 1.54) is 0 Å². The molecule has 1 rings (SSSR count). The molecule has 0 bridgehead atoms. The molecule has 0 aliphatic rings. The standard InChI is InChI=1S/C9H10ClO/c1-7(2)11-9-5-3-4-8(10)6-9/h3-6H,1-2H3. The van der Waals surface area contributed by atoms with E-state index in [9.17, 15) is 0 Å². The van der Waals surface area contributed by atoms with Gasteiger partial charge in [0, 0.05) is 5.02 Å². The van der Waals surface area contributed by atoms with Gasteiger partial charge in [0.1, 0.15) is 11.9 Å². The van der Waals surface area contributed by atoms with Gasteiger partial charge in [-0.25, -0.2) is 0 Å². The highest BCUT2D eigenvalue weighted by molar-refractivity contribution is 6.30. The van der Waals surface area contributed by atoms with E-state index in [2.05, 4.69) is 0 Å². The van der Waals surface area contributed by atoms with E-state index >= 15 is 0 Å². The van der Waals surface area contributed by atoms with Crippen molar-refractivity contribution in [2.24, 2.45) is 0 Å². The quantitative estimate of drug-likeness (QED) is 0.660. The molecule has 0 saturated heterocycles. The van der Waals surface area contributed by atoms with Gasteiger partial charge in [-0.3, -0.25) is 0 Å². The lowest BCUT2D eigenvalue weighted by Gasteiger charge is -2.07. The van der Waals surface area contributed by atoms with E-state index in [0.29, 0.717) is 5.02 Å². The summed E-state index contributed by atoms with van der Waals surface area (Å²) in [4.78, 5) is 0. The van der Waals surface area contributed by atoms with Crippen molar-refractivity contribution in [3.05, 3.63) is 35.4 Å². The Balaban J connectivity index is 2.71. The highest BCUT2D eigenvalue weighted by atomic mass is 35.5. The molecule has 0 unspecified atom stereocenters. The van der Waals surface area contributed by atoms with E-state index < -0.39 is 0 Å². The third-order valence-electron chi connectivity index (χ3n) is 1.12. The minimum absolute atomic E-state index is 0.698. The van der Waals surface area contributed by atoms with Crippen LogP contribution in [0.15, 0.2) is 24.3 Å². The van der Waals surface area contributed by atoms with E-state index in [1.807, 2.05) is 32.0 Å². The molecule has 0 spiro atoms. The van der Waals surface area contributed by atoms with Crippen LogP contribution in [-0.2, 0) is 0 Å². The van der Waals surface area contributed by atoms with Crippen LogP contribution in [0, 0.1) is 6.10 Å². The van der Waals surface area contributed by atoms with Gasteiger partial charge in [0.05, 0.1) is 0 Å². The monoisotopic (exact) mass is 169 g/mol. The first-order chi connectivity index (χ1) is 5.18. The van der Waals surface area contributed by atoms with Crippen molar-refractivity contribution in [2.75, 3.05) is 0 Å². The highest BCUT2D eigenvalue weighted by Gasteiger charge is 1.97. The summed E-state index contributed by atoms with van der Waals surface area (Å²) in [7, 11) is 0. The maximum Gasteiger partial charge on any atom is 0.142 e. The fraction of sp³-hybridized carbons (Fsp3) is 0.222. The third kappa shape index (κ3) is 2.81. The van der Waals surface area contributed by atoms with Gasteiger partial charge in [0.25, 0.3) is 0 Å². The number of hydrogen-bond donors (Lipinski definition) is 0. The molecule has 0 aliphatic carbocycles. The van der Waals surface area contributed by atoms with Crippen LogP contribution in [-0.4, -0.2) is 0 Å². The van der Waals surface area contributed by atoms with Gasteiger partial charge in [0.15, 0.2) is 0 Å². The van der Waals surface area contributed by atoms with Crippen LogP contribution in [0.1, 0.15) is 13.8 Å². The van der Waals surface area contributed by atoms with Gasteiger partial charge in [-0.05, 0) is 32.0 Å². The lowest BCUT2D eigenvalue weighted by molar-refractivity contribution is 0.345. The summed E-state index contributed by atoms with van der Waals surface area (Å²) in [5, 5.41) is 0.698. The Labute approximate surface area is 71.9 Å². The molecule has 2 heteroatoms. The molecule has 1 nitrogen and oxygen atoms in total. The Morgan fingerprint density at radius 3 is 2.64 bits per heavy atom. The van der Waals surface area contributed by atoms with E-state index in [0.717, 1.165) is 11.9 Å². The molecule has 0 saturated carbocycles. The first kappa shape index (κ1) is 8.41. The smallest absolute Gasteiger partial charge is 0.142 e. The Kier molecular flexibility index (Phi) is 2.77. The number of rotatable bonds is 2. The summed E-state index contributed by atoms with van der Waals surface area (Å²) in [6, 6.07) is 7.34. The molecule has 0 atom stereocenters. The van der Waals surface area contributed by atoms with Crippen LogP contribution in [0.5, 0.6) is 5.75 Å². The maximum atomic E-state index is 5.74. The lowest BCUT2D eigenvalue weighted by Crippen LogP contribution is -1.95. The molecular formula is C9H10ClO. The van der Waals surface area contributed by atoms with Crippen LogP contribution in [0.4, 0.5) is 0 Å². The van der Waals surface area contributed by atoms with Crippen molar-refractivity contribution in [2.45, 2.75) is 13.8 Å². The fourth-order valence-corrected chi connectivity index (χ4v) is 0.946. The van der Waals surface area contributed by atoms with Gasteiger partial charge in [-0.15, -0.1) is 0 Å². The Bertz CT molecular complexity index is 233.